The first-order valence-electron chi connectivity index (χ1n) is 6.51. The van der Waals surface area contributed by atoms with E-state index in [-0.39, 0.29) is 18.4 Å². The van der Waals surface area contributed by atoms with E-state index in [0.29, 0.717) is 13.1 Å². The fourth-order valence-electron chi connectivity index (χ4n) is 2.72. The molecule has 0 saturated carbocycles. The molecular formula is C15H20N2O2. The zero-order valence-corrected chi connectivity index (χ0v) is 12.0. The number of aryl methyl sites for hydroxylation is 3. The third-order valence-electron chi connectivity index (χ3n) is 3.59. The molecule has 2 rings (SSSR count). The molecule has 19 heavy (non-hydrogen) atoms. The molecule has 0 N–H and O–H groups in total. The topological polar surface area (TPSA) is 40.6 Å². The maximum Gasteiger partial charge on any atom is 0.320 e. The van der Waals surface area contributed by atoms with Crippen LogP contribution in [-0.4, -0.2) is 48.3 Å². The number of urea groups is 1. The largest absolute Gasteiger partial charge is 0.326 e. The molecule has 0 aromatic heterocycles. The lowest BCUT2D eigenvalue weighted by molar-refractivity contribution is 0.0951. The molecule has 4 heteroatoms. The van der Waals surface area contributed by atoms with E-state index in [9.17, 15) is 9.59 Å². The van der Waals surface area contributed by atoms with Gasteiger partial charge in [0, 0.05) is 25.7 Å². The van der Waals surface area contributed by atoms with Crippen LogP contribution in [0.4, 0.5) is 4.79 Å². The van der Waals surface area contributed by atoms with Gasteiger partial charge in [-0.15, -0.1) is 0 Å². The smallest absolute Gasteiger partial charge is 0.320 e. The molecule has 0 radical (unpaired) electrons. The minimum Gasteiger partial charge on any atom is -0.326 e. The minimum absolute atomic E-state index is 0.0265. The molecule has 1 aromatic rings. The molecule has 102 valence electrons. The quantitative estimate of drug-likeness (QED) is 0.781. The van der Waals surface area contributed by atoms with Crippen LogP contribution in [0.5, 0.6) is 0 Å². The lowest BCUT2D eigenvalue weighted by Crippen LogP contribution is -2.34. The summed E-state index contributed by atoms with van der Waals surface area (Å²) in [5.41, 5.74) is 3.89. The van der Waals surface area contributed by atoms with Gasteiger partial charge >= 0.3 is 6.03 Å². The highest BCUT2D eigenvalue weighted by molar-refractivity contribution is 6.01. The lowest BCUT2D eigenvalue weighted by atomic mass is 9.96. The SMILES string of the molecule is Cc1cc(C)c(C(=O)CN2CCN(C)C2=O)c(C)c1. The number of amides is 2. The molecule has 0 spiro atoms. The number of Topliss-reactive ketones (excluding diaryl/α,β-unsaturated/α-hetero) is 1. The fraction of sp³-hybridized carbons (Fsp3) is 0.467. The van der Waals surface area contributed by atoms with Gasteiger partial charge in [-0.05, 0) is 31.9 Å². The number of ketones is 1. The van der Waals surface area contributed by atoms with E-state index in [1.165, 1.54) is 0 Å². The zero-order valence-electron chi connectivity index (χ0n) is 12.0. The van der Waals surface area contributed by atoms with Crippen LogP contribution < -0.4 is 0 Å². The zero-order chi connectivity index (χ0) is 14.2. The molecule has 0 aliphatic carbocycles. The highest BCUT2D eigenvalue weighted by Crippen LogP contribution is 2.18. The van der Waals surface area contributed by atoms with Crippen molar-refractivity contribution in [2.24, 2.45) is 0 Å². The van der Waals surface area contributed by atoms with Crippen molar-refractivity contribution in [1.82, 2.24) is 9.80 Å². The minimum atomic E-state index is -0.0595. The van der Waals surface area contributed by atoms with Crippen LogP contribution in [0.1, 0.15) is 27.0 Å². The summed E-state index contributed by atoms with van der Waals surface area (Å²) in [7, 11) is 1.76. The number of carbonyl (C=O) groups excluding carboxylic acids is 2. The van der Waals surface area contributed by atoms with Crippen molar-refractivity contribution >= 4 is 11.8 Å². The van der Waals surface area contributed by atoms with Gasteiger partial charge in [0.15, 0.2) is 5.78 Å². The van der Waals surface area contributed by atoms with Gasteiger partial charge in [-0.3, -0.25) is 4.79 Å². The number of hydrogen-bond donors (Lipinski definition) is 0. The second kappa shape index (κ2) is 5.03. The van der Waals surface area contributed by atoms with Gasteiger partial charge < -0.3 is 9.80 Å². The van der Waals surface area contributed by atoms with E-state index in [0.717, 1.165) is 22.3 Å². The van der Waals surface area contributed by atoms with Crippen LogP contribution in [0.15, 0.2) is 12.1 Å². The van der Waals surface area contributed by atoms with Crippen molar-refractivity contribution in [1.29, 1.82) is 0 Å². The van der Waals surface area contributed by atoms with Crippen molar-refractivity contribution in [2.75, 3.05) is 26.7 Å². The summed E-state index contributed by atoms with van der Waals surface area (Å²) in [5, 5.41) is 0. The highest BCUT2D eigenvalue weighted by atomic mass is 16.2. The molecule has 1 aliphatic rings. The molecule has 2 amide bonds. The Balaban J connectivity index is 2.19. The summed E-state index contributed by atoms with van der Waals surface area (Å²) < 4.78 is 0. The lowest BCUT2D eigenvalue weighted by Gasteiger charge is -2.17. The average Bonchev–Trinajstić information content (AvgIpc) is 2.59. The normalized spacial score (nSPS) is 15.3. The average molecular weight is 260 g/mol. The molecule has 4 nitrogen and oxygen atoms in total. The van der Waals surface area contributed by atoms with Crippen LogP contribution in [0.3, 0.4) is 0 Å². The maximum atomic E-state index is 12.4. The highest BCUT2D eigenvalue weighted by Gasteiger charge is 2.27. The van der Waals surface area contributed by atoms with E-state index in [1.54, 1.807) is 16.8 Å². The van der Waals surface area contributed by atoms with Crippen molar-refractivity contribution in [3.05, 3.63) is 34.4 Å². The van der Waals surface area contributed by atoms with Gasteiger partial charge in [-0.2, -0.15) is 0 Å². The van der Waals surface area contributed by atoms with Crippen molar-refractivity contribution in [3.8, 4) is 0 Å². The number of rotatable bonds is 3. The molecule has 0 atom stereocenters. The van der Waals surface area contributed by atoms with Crippen LogP contribution in [-0.2, 0) is 0 Å². The first-order chi connectivity index (χ1) is 8.90. The number of nitrogens with zero attached hydrogens (tertiary/aromatic N) is 2. The summed E-state index contributed by atoms with van der Waals surface area (Å²) in [6, 6.07) is 3.96. The van der Waals surface area contributed by atoms with Crippen LogP contribution in [0.2, 0.25) is 0 Å². The van der Waals surface area contributed by atoms with Crippen LogP contribution in [0.25, 0.3) is 0 Å². The molecular weight excluding hydrogens is 240 g/mol. The molecule has 0 unspecified atom stereocenters. The molecule has 0 bridgehead atoms. The Labute approximate surface area is 114 Å². The number of likely N-dealkylation sites (N-methyl/N-ethyl adjacent to an activating group) is 1. The van der Waals surface area contributed by atoms with Gasteiger partial charge in [0.05, 0.1) is 6.54 Å². The van der Waals surface area contributed by atoms with Crippen molar-refractivity contribution in [2.45, 2.75) is 20.8 Å². The van der Waals surface area contributed by atoms with E-state index in [1.807, 2.05) is 32.9 Å². The van der Waals surface area contributed by atoms with Crippen LogP contribution in [0, 0.1) is 20.8 Å². The van der Waals surface area contributed by atoms with Crippen LogP contribution >= 0.6 is 0 Å². The Kier molecular flexibility index (Phi) is 3.60. The molecule has 1 fully saturated rings. The first kappa shape index (κ1) is 13.6. The Morgan fingerprint density at radius 1 is 1.16 bits per heavy atom. The Morgan fingerprint density at radius 2 is 1.74 bits per heavy atom. The van der Waals surface area contributed by atoms with Gasteiger partial charge in [0.25, 0.3) is 0 Å². The third kappa shape index (κ3) is 2.62. The summed E-state index contributed by atoms with van der Waals surface area (Å²) in [5.74, 6) is 0.0265. The number of hydrogen-bond acceptors (Lipinski definition) is 2. The second-order valence-electron chi connectivity index (χ2n) is 5.32. The third-order valence-corrected chi connectivity index (χ3v) is 3.59. The molecule has 1 heterocycles. The van der Waals surface area contributed by atoms with Crippen molar-refractivity contribution in [3.63, 3.8) is 0 Å². The number of carbonyl (C=O) groups is 2. The Hall–Kier alpha value is -1.84. The number of benzene rings is 1. The first-order valence-corrected chi connectivity index (χ1v) is 6.51. The fourth-order valence-corrected chi connectivity index (χ4v) is 2.72. The molecule has 1 aliphatic heterocycles. The Bertz CT molecular complexity index is 514. The van der Waals surface area contributed by atoms with Gasteiger partial charge in [-0.1, -0.05) is 17.7 Å². The summed E-state index contributed by atoms with van der Waals surface area (Å²) >= 11 is 0. The van der Waals surface area contributed by atoms with E-state index >= 15 is 0 Å². The maximum absolute atomic E-state index is 12.4. The summed E-state index contributed by atoms with van der Waals surface area (Å²) in [6.07, 6.45) is 0. The van der Waals surface area contributed by atoms with E-state index < -0.39 is 0 Å². The Morgan fingerprint density at radius 3 is 2.21 bits per heavy atom. The van der Waals surface area contributed by atoms with E-state index in [4.69, 9.17) is 0 Å². The standard InChI is InChI=1S/C15H20N2O2/c1-10-7-11(2)14(12(3)8-10)13(18)9-17-6-5-16(4)15(17)19/h7-8H,5-6,9H2,1-4H3. The predicted octanol–water partition coefficient (Wildman–Crippen LogP) is 2.16. The van der Waals surface area contributed by atoms with Gasteiger partial charge in [-0.25, -0.2) is 4.79 Å². The summed E-state index contributed by atoms with van der Waals surface area (Å²) in [6.45, 7) is 7.42. The monoisotopic (exact) mass is 260 g/mol. The van der Waals surface area contributed by atoms with Gasteiger partial charge in [0.1, 0.15) is 0 Å². The molecule has 1 aromatic carbocycles. The van der Waals surface area contributed by atoms with Gasteiger partial charge in [0.2, 0.25) is 0 Å². The van der Waals surface area contributed by atoms with E-state index in [2.05, 4.69) is 0 Å². The summed E-state index contributed by atoms with van der Waals surface area (Å²) in [4.78, 5) is 27.4. The second-order valence-corrected chi connectivity index (χ2v) is 5.32. The van der Waals surface area contributed by atoms with Crippen molar-refractivity contribution < 1.29 is 9.59 Å². The molecule has 1 saturated heterocycles. The predicted molar refractivity (Wildman–Crippen MR) is 74.6 cm³/mol.